The Kier molecular flexibility index (Phi) is 3.22. The van der Waals surface area contributed by atoms with Crippen molar-refractivity contribution in [3.8, 4) is 17.4 Å². The van der Waals surface area contributed by atoms with Gasteiger partial charge in [0.2, 0.25) is 5.88 Å². The third kappa shape index (κ3) is 2.41. The fourth-order valence-electron chi connectivity index (χ4n) is 1.13. The predicted octanol–water partition coefficient (Wildman–Crippen LogP) is 2.93. The Bertz CT molecular complexity index is 474. The van der Waals surface area contributed by atoms with Crippen LogP contribution in [0, 0.1) is 0 Å². The Morgan fingerprint density at radius 3 is 2.44 bits per heavy atom. The van der Waals surface area contributed by atoms with E-state index in [1.807, 2.05) is 0 Å². The first-order valence-corrected chi connectivity index (χ1v) is 4.95. The van der Waals surface area contributed by atoms with Gasteiger partial charge >= 0.3 is 0 Å². The molecule has 0 spiro atoms. The largest absolute Gasteiger partial charge is 0.497 e. The van der Waals surface area contributed by atoms with Crippen LogP contribution in [0.3, 0.4) is 0 Å². The topological polar surface area (TPSA) is 44.2 Å². The molecule has 0 aliphatic carbocycles. The van der Waals surface area contributed by atoms with E-state index in [4.69, 9.17) is 21.1 Å². The molecule has 0 amide bonds. The summed E-state index contributed by atoms with van der Waals surface area (Å²) < 4.78 is 10.5. The third-order valence-electron chi connectivity index (χ3n) is 1.91. The van der Waals surface area contributed by atoms with Crippen LogP contribution in [0.1, 0.15) is 0 Å². The molecule has 0 radical (unpaired) electrons. The second-order valence-electron chi connectivity index (χ2n) is 2.95. The van der Waals surface area contributed by atoms with Crippen molar-refractivity contribution in [1.29, 1.82) is 0 Å². The van der Waals surface area contributed by atoms with Crippen molar-refractivity contribution in [3.05, 3.63) is 41.8 Å². The van der Waals surface area contributed by atoms with Gasteiger partial charge in [0.25, 0.3) is 0 Å². The second-order valence-corrected chi connectivity index (χ2v) is 3.36. The zero-order valence-corrected chi connectivity index (χ0v) is 9.31. The minimum absolute atomic E-state index is 0.335. The van der Waals surface area contributed by atoms with Gasteiger partial charge in [0, 0.05) is 0 Å². The second kappa shape index (κ2) is 4.81. The van der Waals surface area contributed by atoms with Crippen LogP contribution < -0.4 is 9.47 Å². The molecule has 0 saturated carbocycles. The van der Waals surface area contributed by atoms with Crippen LogP contribution in [-0.4, -0.2) is 17.1 Å². The van der Waals surface area contributed by atoms with Gasteiger partial charge in [-0.2, -0.15) is 0 Å². The van der Waals surface area contributed by atoms with Crippen molar-refractivity contribution in [2.75, 3.05) is 7.11 Å². The number of hydrogen-bond acceptors (Lipinski definition) is 4. The number of aromatic nitrogens is 2. The van der Waals surface area contributed by atoms with Crippen LogP contribution in [0.4, 0.5) is 0 Å². The minimum Gasteiger partial charge on any atom is -0.497 e. The van der Waals surface area contributed by atoms with Gasteiger partial charge < -0.3 is 9.47 Å². The molecule has 0 N–H and O–H groups in total. The van der Waals surface area contributed by atoms with Gasteiger partial charge in [-0.25, -0.2) is 9.97 Å². The van der Waals surface area contributed by atoms with Crippen molar-refractivity contribution >= 4 is 11.6 Å². The standard InChI is InChI=1S/C11H9ClN2O2/c1-15-8-2-4-9(5-3-8)16-11-10(12)6-13-7-14-11/h2-7H,1H3. The summed E-state index contributed by atoms with van der Waals surface area (Å²) in [4.78, 5) is 7.69. The highest BCUT2D eigenvalue weighted by atomic mass is 35.5. The maximum Gasteiger partial charge on any atom is 0.241 e. The first-order chi connectivity index (χ1) is 7.79. The Balaban J connectivity index is 2.18. The van der Waals surface area contributed by atoms with Crippen molar-refractivity contribution in [3.63, 3.8) is 0 Å². The molecule has 0 bridgehead atoms. The van der Waals surface area contributed by atoms with E-state index in [9.17, 15) is 0 Å². The van der Waals surface area contributed by atoms with Crippen molar-refractivity contribution in [2.45, 2.75) is 0 Å². The molecule has 2 rings (SSSR count). The molecule has 0 aliphatic rings. The molecule has 16 heavy (non-hydrogen) atoms. The fourth-order valence-corrected chi connectivity index (χ4v) is 1.28. The summed E-state index contributed by atoms with van der Waals surface area (Å²) in [5.74, 6) is 1.74. The maximum atomic E-state index is 5.86. The SMILES string of the molecule is COc1ccc(Oc2ncncc2Cl)cc1. The van der Waals surface area contributed by atoms with Gasteiger partial charge in [0.15, 0.2) is 0 Å². The summed E-state index contributed by atoms with van der Waals surface area (Å²) >= 11 is 5.86. The lowest BCUT2D eigenvalue weighted by Crippen LogP contribution is -1.90. The summed E-state index contributed by atoms with van der Waals surface area (Å²) in [6.07, 6.45) is 2.86. The Morgan fingerprint density at radius 2 is 1.81 bits per heavy atom. The molecule has 5 heteroatoms. The Hall–Kier alpha value is -1.81. The average Bonchev–Trinajstić information content (AvgIpc) is 2.33. The minimum atomic E-state index is 0.335. The molecule has 0 fully saturated rings. The lowest BCUT2D eigenvalue weighted by Gasteiger charge is -2.06. The zero-order valence-electron chi connectivity index (χ0n) is 8.55. The summed E-state index contributed by atoms with van der Waals surface area (Å²) in [6.45, 7) is 0. The van der Waals surface area contributed by atoms with Gasteiger partial charge in [0.1, 0.15) is 22.8 Å². The number of rotatable bonds is 3. The summed E-state index contributed by atoms with van der Waals surface area (Å²) in [6, 6.07) is 7.14. The van der Waals surface area contributed by atoms with Crippen molar-refractivity contribution in [2.24, 2.45) is 0 Å². The van der Waals surface area contributed by atoms with Crippen LogP contribution >= 0.6 is 11.6 Å². The molecular weight excluding hydrogens is 228 g/mol. The van der Waals surface area contributed by atoms with Gasteiger partial charge in [-0.1, -0.05) is 11.6 Å². The highest BCUT2D eigenvalue weighted by molar-refractivity contribution is 6.31. The summed E-state index contributed by atoms with van der Waals surface area (Å²) in [5, 5.41) is 0.373. The van der Waals surface area contributed by atoms with E-state index >= 15 is 0 Å². The first kappa shape index (κ1) is 10.7. The number of ether oxygens (including phenoxy) is 2. The number of methoxy groups -OCH3 is 1. The monoisotopic (exact) mass is 236 g/mol. The molecular formula is C11H9ClN2O2. The Morgan fingerprint density at radius 1 is 1.12 bits per heavy atom. The van der Waals surface area contributed by atoms with Gasteiger partial charge in [-0.05, 0) is 24.3 Å². The lowest BCUT2D eigenvalue weighted by molar-refractivity contribution is 0.412. The van der Waals surface area contributed by atoms with Gasteiger partial charge in [0.05, 0.1) is 13.3 Å². The predicted molar refractivity (Wildman–Crippen MR) is 60.1 cm³/mol. The highest BCUT2D eigenvalue weighted by Crippen LogP contribution is 2.26. The molecule has 1 heterocycles. The highest BCUT2D eigenvalue weighted by Gasteiger charge is 2.03. The molecule has 0 aliphatic heterocycles. The maximum absolute atomic E-state index is 5.86. The average molecular weight is 237 g/mol. The quantitative estimate of drug-likeness (QED) is 0.822. The smallest absolute Gasteiger partial charge is 0.241 e. The molecule has 0 atom stereocenters. The Labute approximate surface area is 97.8 Å². The van der Waals surface area contributed by atoms with Crippen molar-refractivity contribution in [1.82, 2.24) is 9.97 Å². The number of nitrogens with zero attached hydrogens (tertiary/aromatic N) is 2. The zero-order chi connectivity index (χ0) is 11.4. The number of hydrogen-bond donors (Lipinski definition) is 0. The first-order valence-electron chi connectivity index (χ1n) is 4.57. The van der Waals surface area contributed by atoms with E-state index in [0.717, 1.165) is 5.75 Å². The molecule has 0 unspecified atom stereocenters. The molecule has 2 aromatic rings. The molecule has 82 valence electrons. The summed E-state index contributed by atoms with van der Waals surface area (Å²) in [7, 11) is 1.61. The molecule has 0 saturated heterocycles. The number of halogens is 1. The van der Waals surface area contributed by atoms with E-state index in [1.165, 1.54) is 12.5 Å². The van der Waals surface area contributed by atoms with Crippen LogP contribution in [0.15, 0.2) is 36.8 Å². The van der Waals surface area contributed by atoms with E-state index < -0.39 is 0 Å². The van der Waals surface area contributed by atoms with Crippen LogP contribution in [0.2, 0.25) is 5.02 Å². The molecule has 1 aromatic heterocycles. The van der Waals surface area contributed by atoms with Crippen LogP contribution in [0.25, 0.3) is 0 Å². The summed E-state index contributed by atoms with van der Waals surface area (Å²) in [5.41, 5.74) is 0. The van der Waals surface area contributed by atoms with E-state index in [2.05, 4.69) is 9.97 Å². The van der Waals surface area contributed by atoms with Crippen LogP contribution in [-0.2, 0) is 0 Å². The third-order valence-corrected chi connectivity index (χ3v) is 2.17. The lowest BCUT2D eigenvalue weighted by atomic mass is 10.3. The molecule has 1 aromatic carbocycles. The molecule has 4 nitrogen and oxygen atoms in total. The van der Waals surface area contributed by atoms with E-state index in [-0.39, 0.29) is 0 Å². The fraction of sp³-hybridized carbons (Fsp3) is 0.0909. The van der Waals surface area contributed by atoms with Gasteiger partial charge in [-0.3, -0.25) is 0 Å². The van der Waals surface area contributed by atoms with E-state index in [0.29, 0.717) is 16.7 Å². The van der Waals surface area contributed by atoms with Crippen molar-refractivity contribution < 1.29 is 9.47 Å². The number of benzene rings is 1. The van der Waals surface area contributed by atoms with Gasteiger partial charge in [-0.15, -0.1) is 0 Å². The van der Waals surface area contributed by atoms with E-state index in [1.54, 1.807) is 31.4 Å². The van der Waals surface area contributed by atoms with Crippen LogP contribution in [0.5, 0.6) is 17.4 Å². The normalized spacial score (nSPS) is 9.88.